The Hall–Kier alpha value is -1.29. The zero-order valence-electron chi connectivity index (χ0n) is 10.7. The van der Waals surface area contributed by atoms with Gasteiger partial charge in [0, 0.05) is 5.92 Å². The fourth-order valence-electron chi connectivity index (χ4n) is 1.96. The van der Waals surface area contributed by atoms with Crippen molar-refractivity contribution in [3.05, 3.63) is 42.2 Å². The molecular formula is C14H18O3S. The second-order valence-corrected chi connectivity index (χ2v) is 7.00. The Balaban J connectivity index is 1.91. The van der Waals surface area contributed by atoms with E-state index < -0.39 is 9.84 Å². The summed E-state index contributed by atoms with van der Waals surface area (Å²) in [6.07, 6.45) is 1.68. The average Bonchev–Trinajstić information content (AvgIpc) is 2.33. The van der Waals surface area contributed by atoms with Gasteiger partial charge >= 0.3 is 0 Å². The van der Waals surface area contributed by atoms with E-state index in [9.17, 15) is 8.42 Å². The predicted molar refractivity (Wildman–Crippen MR) is 72.8 cm³/mol. The molecule has 0 radical (unpaired) electrons. The summed E-state index contributed by atoms with van der Waals surface area (Å²) in [4.78, 5) is 0. The number of hydrogen-bond donors (Lipinski definition) is 0. The van der Waals surface area contributed by atoms with E-state index in [1.807, 2.05) is 44.2 Å². The van der Waals surface area contributed by atoms with Gasteiger partial charge in [0.15, 0.2) is 9.84 Å². The van der Waals surface area contributed by atoms with Gasteiger partial charge in [0.25, 0.3) is 0 Å². The zero-order chi connectivity index (χ0) is 13.2. The Morgan fingerprint density at radius 1 is 1.33 bits per heavy atom. The molecule has 1 aromatic carbocycles. The van der Waals surface area contributed by atoms with E-state index in [1.165, 1.54) is 0 Å². The second-order valence-electron chi connectivity index (χ2n) is 4.85. The molecule has 2 rings (SSSR count). The van der Waals surface area contributed by atoms with Crippen molar-refractivity contribution in [2.75, 3.05) is 11.5 Å². The van der Waals surface area contributed by atoms with Gasteiger partial charge in [0.05, 0.1) is 23.9 Å². The van der Waals surface area contributed by atoms with Gasteiger partial charge in [-0.25, -0.2) is 8.42 Å². The Kier molecular flexibility index (Phi) is 3.76. The Labute approximate surface area is 108 Å². The highest BCUT2D eigenvalue weighted by atomic mass is 32.2. The van der Waals surface area contributed by atoms with Gasteiger partial charge in [0.1, 0.15) is 0 Å². The molecule has 0 N–H and O–H groups in total. The van der Waals surface area contributed by atoms with Crippen LogP contribution in [0, 0.1) is 5.92 Å². The van der Waals surface area contributed by atoms with Gasteiger partial charge < -0.3 is 4.74 Å². The van der Waals surface area contributed by atoms with Crippen LogP contribution in [0.25, 0.3) is 5.57 Å². The SMILES string of the molecule is C/C(=C/OC(C)C1CS(=O)(=O)C1)c1ccccc1. The van der Waals surface area contributed by atoms with E-state index in [4.69, 9.17) is 4.74 Å². The van der Waals surface area contributed by atoms with Crippen LogP contribution in [0.4, 0.5) is 0 Å². The molecule has 0 saturated carbocycles. The summed E-state index contributed by atoms with van der Waals surface area (Å²) in [6.45, 7) is 3.91. The normalized spacial score (nSPS) is 21.1. The standard InChI is InChI=1S/C14H18O3S/c1-11(13-6-4-3-5-7-13)8-17-12(2)14-9-18(15,16)10-14/h3-8,12,14H,9-10H2,1-2H3/b11-8-. The van der Waals surface area contributed by atoms with Gasteiger partial charge in [-0.05, 0) is 25.0 Å². The van der Waals surface area contributed by atoms with E-state index in [-0.39, 0.29) is 23.5 Å². The molecule has 0 aromatic heterocycles. The van der Waals surface area contributed by atoms with Crippen LogP contribution in [0.15, 0.2) is 36.6 Å². The summed E-state index contributed by atoms with van der Waals surface area (Å²) in [5.41, 5.74) is 2.16. The molecule has 18 heavy (non-hydrogen) atoms. The van der Waals surface area contributed by atoms with Crippen LogP contribution in [-0.2, 0) is 14.6 Å². The zero-order valence-corrected chi connectivity index (χ0v) is 11.5. The van der Waals surface area contributed by atoms with Crippen molar-refractivity contribution in [1.29, 1.82) is 0 Å². The summed E-state index contributed by atoms with van der Waals surface area (Å²) < 4.78 is 27.8. The number of sulfone groups is 1. The van der Waals surface area contributed by atoms with Crippen LogP contribution < -0.4 is 0 Å². The van der Waals surface area contributed by atoms with Crippen LogP contribution >= 0.6 is 0 Å². The molecule has 0 spiro atoms. The summed E-state index contributed by atoms with van der Waals surface area (Å²) in [5, 5.41) is 0. The topological polar surface area (TPSA) is 43.4 Å². The number of ether oxygens (including phenoxy) is 1. The highest BCUT2D eigenvalue weighted by Gasteiger charge is 2.37. The highest BCUT2D eigenvalue weighted by molar-refractivity contribution is 7.92. The largest absolute Gasteiger partial charge is 0.498 e. The van der Waals surface area contributed by atoms with Crippen molar-refractivity contribution in [3.63, 3.8) is 0 Å². The van der Waals surface area contributed by atoms with Crippen molar-refractivity contribution in [1.82, 2.24) is 0 Å². The number of rotatable bonds is 4. The molecule has 1 saturated heterocycles. The fourth-order valence-corrected chi connectivity index (χ4v) is 3.71. The first kappa shape index (κ1) is 13.1. The lowest BCUT2D eigenvalue weighted by Gasteiger charge is -2.30. The summed E-state index contributed by atoms with van der Waals surface area (Å²) >= 11 is 0. The molecule has 0 amide bonds. The molecule has 98 valence electrons. The molecule has 0 aliphatic carbocycles. The molecule has 1 aliphatic rings. The van der Waals surface area contributed by atoms with Crippen LogP contribution in [0.3, 0.4) is 0 Å². The quantitative estimate of drug-likeness (QED) is 0.786. The fraction of sp³-hybridized carbons (Fsp3) is 0.429. The minimum absolute atomic E-state index is 0.0489. The maximum atomic E-state index is 11.1. The first-order valence-corrected chi connectivity index (χ1v) is 7.88. The minimum atomic E-state index is -2.77. The number of benzene rings is 1. The van der Waals surface area contributed by atoms with Gasteiger partial charge in [-0.15, -0.1) is 0 Å². The number of hydrogen-bond acceptors (Lipinski definition) is 3. The van der Waals surface area contributed by atoms with Crippen LogP contribution in [0.5, 0.6) is 0 Å². The predicted octanol–water partition coefficient (Wildman–Crippen LogP) is 2.50. The summed E-state index contributed by atoms with van der Waals surface area (Å²) in [5.74, 6) is 0.647. The number of allylic oxidation sites excluding steroid dienone is 1. The van der Waals surface area contributed by atoms with E-state index >= 15 is 0 Å². The van der Waals surface area contributed by atoms with Gasteiger partial charge in [0.2, 0.25) is 0 Å². The molecular weight excluding hydrogens is 248 g/mol. The van der Waals surface area contributed by atoms with Crippen LogP contribution in [0.1, 0.15) is 19.4 Å². The Morgan fingerprint density at radius 3 is 2.50 bits per heavy atom. The minimum Gasteiger partial charge on any atom is -0.498 e. The molecule has 1 atom stereocenters. The van der Waals surface area contributed by atoms with Crippen molar-refractivity contribution in [2.24, 2.45) is 5.92 Å². The monoisotopic (exact) mass is 266 g/mol. The van der Waals surface area contributed by atoms with Crippen LogP contribution in [0.2, 0.25) is 0 Å². The van der Waals surface area contributed by atoms with Gasteiger partial charge in [-0.2, -0.15) is 0 Å². The Bertz CT molecular complexity index is 519. The average molecular weight is 266 g/mol. The lowest BCUT2D eigenvalue weighted by Crippen LogP contribution is -2.43. The van der Waals surface area contributed by atoms with Crippen molar-refractivity contribution in [2.45, 2.75) is 20.0 Å². The lowest BCUT2D eigenvalue weighted by atomic mass is 10.1. The second kappa shape index (κ2) is 5.14. The third kappa shape index (κ3) is 3.13. The first-order chi connectivity index (χ1) is 8.48. The highest BCUT2D eigenvalue weighted by Crippen LogP contribution is 2.24. The molecule has 1 heterocycles. The third-order valence-corrected chi connectivity index (χ3v) is 5.16. The van der Waals surface area contributed by atoms with Gasteiger partial charge in [-0.1, -0.05) is 30.3 Å². The van der Waals surface area contributed by atoms with E-state index in [2.05, 4.69) is 0 Å². The summed E-state index contributed by atoms with van der Waals surface area (Å²) in [7, 11) is -2.77. The summed E-state index contributed by atoms with van der Waals surface area (Å²) in [6, 6.07) is 9.98. The van der Waals surface area contributed by atoms with Gasteiger partial charge in [-0.3, -0.25) is 0 Å². The van der Waals surface area contributed by atoms with E-state index in [1.54, 1.807) is 6.26 Å². The maximum Gasteiger partial charge on any atom is 0.151 e. The smallest absolute Gasteiger partial charge is 0.151 e. The van der Waals surface area contributed by atoms with Crippen molar-refractivity contribution in [3.8, 4) is 0 Å². The van der Waals surface area contributed by atoms with Crippen molar-refractivity contribution < 1.29 is 13.2 Å². The van der Waals surface area contributed by atoms with E-state index in [0.717, 1.165) is 11.1 Å². The van der Waals surface area contributed by atoms with Crippen molar-refractivity contribution >= 4 is 15.4 Å². The molecule has 0 bridgehead atoms. The molecule has 1 aliphatic heterocycles. The third-order valence-electron chi connectivity index (χ3n) is 3.29. The molecule has 3 nitrogen and oxygen atoms in total. The van der Waals surface area contributed by atoms with E-state index in [0.29, 0.717) is 0 Å². The molecule has 1 unspecified atom stereocenters. The molecule has 4 heteroatoms. The first-order valence-electron chi connectivity index (χ1n) is 6.06. The maximum absolute atomic E-state index is 11.1. The molecule has 1 fully saturated rings. The Morgan fingerprint density at radius 2 is 1.94 bits per heavy atom. The lowest BCUT2D eigenvalue weighted by molar-refractivity contribution is 0.115. The molecule has 1 aromatic rings. The van der Waals surface area contributed by atoms with Crippen LogP contribution in [-0.4, -0.2) is 26.0 Å².